The van der Waals surface area contributed by atoms with E-state index in [4.69, 9.17) is 32.9 Å². The Morgan fingerprint density at radius 2 is 1.79 bits per heavy atom. The third-order valence-electron chi connectivity index (χ3n) is 7.38. The molecule has 1 aliphatic heterocycles. The van der Waals surface area contributed by atoms with Crippen molar-refractivity contribution in [1.29, 1.82) is 0 Å². The predicted molar refractivity (Wildman–Crippen MR) is 148 cm³/mol. The number of nitrogens with one attached hydrogen (secondary N) is 3. The van der Waals surface area contributed by atoms with Crippen molar-refractivity contribution < 1.29 is 23.0 Å². The molecule has 0 radical (unpaired) electrons. The summed E-state index contributed by atoms with van der Waals surface area (Å²) >= 11 is 13.0. The number of halogens is 5. The quantitative estimate of drug-likeness (QED) is 0.273. The van der Waals surface area contributed by atoms with Gasteiger partial charge in [0.05, 0.1) is 21.3 Å². The lowest BCUT2D eigenvalue weighted by Gasteiger charge is -2.35. The van der Waals surface area contributed by atoms with Crippen LogP contribution in [0.4, 0.5) is 24.8 Å². The number of anilines is 2. The van der Waals surface area contributed by atoms with E-state index in [9.17, 15) is 18.3 Å². The third-order valence-corrected chi connectivity index (χ3v) is 7.99. The van der Waals surface area contributed by atoms with Crippen LogP contribution in [0.2, 0.25) is 10.0 Å². The van der Waals surface area contributed by atoms with E-state index in [0.29, 0.717) is 51.7 Å². The zero-order chi connectivity index (χ0) is 28.2. The molecular formula is C27H36Cl2F3N5O2. The van der Waals surface area contributed by atoms with E-state index >= 15 is 0 Å². The number of aliphatic hydroxyl groups is 1. The number of nitrogens with zero attached hydrogens (tertiary/aromatic N) is 2. The number of ether oxygens (including phenoxy) is 1. The molecule has 1 aliphatic carbocycles. The Kier molecular flexibility index (Phi) is 9.86. The molecule has 2 aromatic heterocycles. The molecule has 2 fully saturated rings. The standard InChI is InChI=1S/C27H36Cl2F3N5O2/c1-26(2)12-16(9-10-39-26)13-34-23-8-7-20(28)25(37-23)19-11-24(35-14-21(19)29)36-18-5-3-17(4-6-18)33-15-22(38)27(30,31)32/h7-8,11,14,16-18,22,33,38H,3-6,9-10,12-13,15H2,1-2H3,(H,34,37)(H,35,36)/t16?,17-,18-,22-/m1/s1. The lowest BCUT2D eigenvalue weighted by Crippen LogP contribution is -2.44. The fraction of sp³-hybridized carbons (Fsp3) is 0.630. The Labute approximate surface area is 237 Å². The molecule has 2 aliphatic rings. The molecular weight excluding hydrogens is 554 g/mol. The fourth-order valence-electron chi connectivity index (χ4n) is 5.25. The van der Waals surface area contributed by atoms with Gasteiger partial charge in [-0.1, -0.05) is 23.2 Å². The van der Waals surface area contributed by atoms with Gasteiger partial charge in [0.25, 0.3) is 0 Å². The van der Waals surface area contributed by atoms with Crippen LogP contribution in [0.1, 0.15) is 52.4 Å². The smallest absolute Gasteiger partial charge is 0.382 e. The molecule has 7 nitrogen and oxygen atoms in total. The number of hydrogen-bond donors (Lipinski definition) is 4. The minimum absolute atomic E-state index is 0.0701. The van der Waals surface area contributed by atoms with Crippen molar-refractivity contribution in [1.82, 2.24) is 15.3 Å². The van der Waals surface area contributed by atoms with E-state index in [1.165, 1.54) is 0 Å². The van der Waals surface area contributed by atoms with E-state index in [1.807, 2.05) is 12.1 Å². The van der Waals surface area contributed by atoms with Gasteiger partial charge < -0.3 is 25.8 Å². The van der Waals surface area contributed by atoms with Gasteiger partial charge in [-0.05, 0) is 76.5 Å². The van der Waals surface area contributed by atoms with E-state index in [-0.39, 0.29) is 17.7 Å². The van der Waals surface area contributed by atoms with Crippen LogP contribution in [0.15, 0.2) is 24.4 Å². The van der Waals surface area contributed by atoms with Crippen molar-refractivity contribution in [2.24, 2.45) is 5.92 Å². The normalized spacial score (nSPS) is 24.3. The van der Waals surface area contributed by atoms with Crippen molar-refractivity contribution in [2.75, 3.05) is 30.3 Å². The maximum atomic E-state index is 12.5. The second-order valence-corrected chi connectivity index (χ2v) is 11.9. The van der Waals surface area contributed by atoms with Gasteiger partial charge in [-0.2, -0.15) is 13.2 Å². The van der Waals surface area contributed by atoms with E-state index in [2.05, 4.69) is 34.8 Å². The highest BCUT2D eigenvalue weighted by Crippen LogP contribution is 2.35. The van der Waals surface area contributed by atoms with Gasteiger partial charge >= 0.3 is 6.18 Å². The predicted octanol–water partition coefficient (Wildman–Crippen LogP) is 6.30. The maximum Gasteiger partial charge on any atom is 0.415 e. The molecule has 39 heavy (non-hydrogen) atoms. The number of rotatable bonds is 9. The van der Waals surface area contributed by atoms with Crippen LogP contribution in [-0.2, 0) is 4.74 Å². The molecule has 1 unspecified atom stereocenters. The van der Waals surface area contributed by atoms with Crippen molar-refractivity contribution in [2.45, 2.75) is 82.3 Å². The zero-order valence-corrected chi connectivity index (χ0v) is 23.6. The molecule has 1 saturated carbocycles. The molecule has 1 saturated heterocycles. The van der Waals surface area contributed by atoms with Gasteiger partial charge in [0.1, 0.15) is 11.6 Å². The zero-order valence-electron chi connectivity index (χ0n) is 22.1. The van der Waals surface area contributed by atoms with Gasteiger partial charge in [0.2, 0.25) is 0 Å². The maximum absolute atomic E-state index is 12.5. The Hall–Kier alpha value is -1.85. The van der Waals surface area contributed by atoms with Crippen LogP contribution in [0.3, 0.4) is 0 Å². The molecule has 3 heterocycles. The second kappa shape index (κ2) is 12.8. The number of aromatic nitrogens is 2. The van der Waals surface area contributed by atoms with Gasteiger partial charge in [0.15, 0.2) is 6.10 Å². The van der Waals surface area contributed by atoms with Gasteiger partial charge in [-0.3, -0.25) is 0 Å². The number of hydrogen-bond acceptors (Lipinski definition) is 7. The first-order valence-electron chi connectivity index (χ1n) is 13.3. The van der Waals surface area contributed by atoms with Crippen LogP contribution in [0.25, 0.3) is 11.3 Å². The van der Waals surface area contributed by atoms with Gasteiger partial charge in [0, 0.05) is 43.5 Å². The Bertz CT molecular complexity index is 1110. The van der Waals surface area contributed by atoms with Crippen molar-refractivity contribution in [3.05, 3.63) is 34.4 Å². The van der Waals surface area contributed by atoms with Crippen LogP contribution in [0.5, 0.6) is 0 Å². The monoisotopic (exact) mass is 589 g/mol. The van der Waals surface area contributed by atoms with Crippen molar-refractivity contribution in [3.8, 4) is 11.3 Å². The molecule has 12 heteroatoms. The minimum atomic E-state index is -4.61. The SMILES string of the molecule is CC1(C)CC(CNc2ccc(Cl)c(-c3cc(N[C@H]4CC[C@H](NC[C@@H](O)C(F)(F)F)CC4)ncc3Cl)n2)CCO1. The van der Waals surface area contributed by atoms with Crippen LogP contribution >= 0.6 is 23.2 Å². The number of alkyl halides is 3. The summed E-state index contributed by atoms with van der Waals surface area (Å²) in [6.07, 6.45) is -0.557. The average molecular weight is 591 g/mol. The van der Waals surface area contributed by atoms with Crippen LogP contribution in [-0.4, -0.2) is 64.7 Å². The van der Waals surface area contributed by atoms with E-state index < -0.39 is 18.8 Å². The lowest BCUT2D eigenvalue weighted by molar-refractivity contribution is -0.202. The Morgan fingerprint density at radius 3 is 2.49 bits per heavy atom. The number of pyridine rings is 2. The molecule has 2 aromatic rings. The first-order chi connectivity index (χ1) is 18.4. The summed E-state index contributed by atoms with van der Waals surface area (Å²) in [5, 5.41) is 19.8. The summed E-state index contributed by atoms with van der Waals surface area (Å²) in [6.45, 7) is 5.26. The first-order valence-corrected chi connectivity index (χ1v) is 14.1. The highest BCUT2D eigenvalue weighted by Gasteiger charge is 2.38. The van der Waals surface area contributed by atoms with E-state index in [1.54, 1.807) is 12.3 Å². The third kappa shape index (κ3) is 8.57. The first kappa shape index (κ1) is 30.1. The summed E-state index contributed by atoms with van der Waals surface area (Å²) < 4.78 is 43.4. The Balaban J connectivity index is 1.35. The fourth-order valence-corrected chi connectivity index (χ4v) is 5.65. The lowest BCUT2D eigenvalue weighted by atomic mass is 9.88. The van der Waals surface area contributed by atoms with Crippen molar-refractivity contribution in [3.63, 3.8) is 0 Å². The topological polar surface area (TPSA) is 91.3 Å². The minimum Gasteiger partial charge on any atom is -0.382 e. The highest BCUT2D eigenvalue weighted by molar-refractivity contribution is 6.36. The summed E-state index contributed by atoms with van der Waals surface area (Å²) in [4.78, 5) is 9.16. The van der Waals surface area contributed by atoms with Crippen LogP contribution in [0, 0.1) is 5.92 Å². The molecule has 0 amide bonds. The second-order valence-electron chi connectivity index (χ2n) is 11.1. The molecule has 0 aromatic carbocycles. The molecule has 216 valence electrons. The summed E-state index contributed by atoms with van der Waals surface area (Å²) in [5.41, 5.74) is 1.09. The van der Waals surface area contributed by atoms with Crippen LogP contribution < -0.4 is 16.0 Å². The molecule has 2 atom stereocenters. The molecule has 0 spiro atoms. The summed E-state index contributed by atoms with van der Waals surface area (Å²) in [6, 6.07) is 5.51. The largest absolute Gasteiger partial charge is 0.415 e. The van der Waals surface area contributed by atoms with E-state index in [0.717, 1.165) is 38.8 Å². The molecule has 4 N–H and O–H groups in total. The summed E-state index contributed by atoms with van der Waals surface area (Å²) in [7, 11) is 0. The molecule has 4 rings (SSSR count). The summed E-state index contributed by atoms with van der Waals surface area (Å²) in [5.74, 6) is 1.82. The average Bonchev–Trinajstić information content (AvgIpc) is 2.88. The van der Waals surface area contributed by atoms with Gasteiger partial charge in [-0.15, -0.1) is 0 Å². The number of aliphatic hydroxyl groups excluding tert-OH is 1. The van der Waals surface area contributed by atoms with Crippen molar-refractivity contribution >= 4 is 34.8 Å². The Morgan fingerprint density at radius 1 is 1.08 bits per heavy atom. The molecule has 0 bridgehead atoms. The van der Waals surface area contributed by atoms with Gasteiger partial charge in [-0.25, -0.2) is 9.97 Å². The highest BCUT2D eigenvalue weighted by atomic mass is 35.5.